The molecule has 2 heterocycles. The van der Waals surface area contributed by atoms with Crippen molar-refractivity contribution in [1.82, 2.24) is 15.4 Å². The molecule has 0 spiro atoms. The Kier molecular flexibility index (Phi) is 3.42. The van der Waals surface area contributed by atoms with Crippen LogP contribution in [0.3, 0.4) is 0 Å². The number of rotatable bonds is 3. The van der Waals surface area contributed by atoms with Crippen molar-refractivity contribution in [2.45, 2.75) is 20.3 Å². The second-order valence-electron chi connectivity index (χ2n) is 5.92. The van der Waals surface area contributed by atoms with Gasteiger partial charge in [0.25, 0.3) is 5.56 Å². The fraction of sp³-hybridized carbons (Fsp3) is 0.400. The molecular weight excluding hydrogens is 284 g/mol. The van der Waals surface area contributed by atoms with E-state index in [0.717, 1.165) is 12.0 Å². The number of hydrogen-bond acceptors (Lipinski definition) is 5. The fourth-order valence-electron chi connectivity index (χ4n) is 2.85. The Morgan fingerprint density at radius 1 is 1.36 bits per heavy atom. The number of carbonyl (C=O) groups excluding carboxylic acids is 1. The molecule has 1 saturated carbocycles. The van der Waals surface area contributed by atoms with E-state index in [9.17, 15) is 14.4 Å². The van der Waals surface area contributed by atoms with Crippen LogP contribution in [0.1, 0.15) is 25.8 Å². The minimum Gasteiger partial charge on any atom is -0.313 e. The van der Waals surface area contributed by atoms with Crippen molar-refractivity contribution in [3.8, 4) is 0 Å². The van der Waals surface area contributed by atoms with E-state index < -0.39 is 11.2 Å². The number of aromatic nitrogens is 2. The normalized spacial score (nSPS) is 23.5. The maximum Gasteiger partial charge on any atom is 0.325 e. The second kappa shape index (κ2) is 5.27. The summed E-state index contributed by atoms with van der Waals surface area (Å²) in [5.74, 6) is 3.19. The first-order valence-electron chi connectivity index (χ1n) is 7.14. The lowest BCUT2D eigenvalue weighted by Gasteiger charge is -2.15. The highest BCUT2D eigenvalue weighted by Gasteiger charge is 2.43. The Balaban J connectivity index is 1.99. The van der Waals surface area contributed by atoms with Crippen LogP contribution in [-0.2, 0) is 4.79 Å². The SMILES string of the molecule is CC(C)[C@H]1C[C@@H]1C1=CC(c2c[nH]c(=O)[nH]c2=O)=NNC1=C=O. The largest absolute Gasteiger partial charge is 0.325 e. The molecule has 114 valence electrons. The van der Waals surface area contributed by atoms with Gasteiger partial charge in [0.05, 0.1) is 11.3 Å². The van der Waals surface area contributed by atoms with Crippen LogP contribution >= 0.6 is 0 Å². The summed E-state index contributed by atoms with van der Waals surface area (Å²) in [4.78, 5) is 38.6. The Labute approximate surface area is 125 Å². The molecule has 22 heavy (non-hydrogen) atoms. The summed E-state index contributed by atoms with van der Waals surface area (Å²) in [6.45, 7) is 4.29. The van der Waals surface area contributed by atoms with Crippen molar-refractivity contribution in [2.75, 3.05) is 0 Å². The fourth-order valence-corrected chi connectivity index (χ4v) is 2.85. The van der Waals surface area contributed by atoms with Crippen molar-refractivity contribution >= 4 is 11.7 Å². The molecule has 3 rings (SSSR count). The van der Waals surface area contributed by atoms with Crippen LogP contribution in [0.25, 0.3) is 0 Å². The van der Waals surface area contributed by atoms with E-state index in [1.54, 1.807) is 6.08 Å². The first-order valence-corrected chi connectivity index (χ1v) is 7.14. The van der Waals surface area contributed by atoms with Gasteiger partial charge in [-0.15, -0.1) is 0 Å². The summed E-state index contributed by atoms with van der Waals surface area (Å²) < 4.78 is 0. The summed E-state index contributed by atoms with van der Waals surface area (Å²) in [6, 6.07) is 0. The molecule has 0 radical (unpaired) electrons. The molecule has 1 aromatic heterocycles. The van der Waals surface area contributed by atoms with E-state index in [2.05, 4.69) is 34.3 Å². The number of H-pyrrole nitrogens is 2. The van der Waals surface area contributed by atoms with Crippen LogP contribution in [0, 0.1) is 17.8 Å². The quantitative estimate of drug-likeness (QED) is 0.698. The lowest BCUT2D eigenvalue weighted by molar-refractivity contribution is 0.534. The average molecular weight is 300 g/mol. The number of nitrogens with zero attached hydrogens (tertiary/aromatic N) is 1. The molecule has 1 aliphatic heterocycles. The highest BCUT2D eigenvalue weighted by Crippen LogP contribution is 2.50. The molecule has 0 amide bonds. The van der Waals surface area contributed by atoms with Crippen LogP contribution in [0.5, 0.6) is 0 Å². The van der Waals surface area contributed by atoms with E-state index >= 15 is 0 Å². The van der Waals surface area contributed by atoms with Crippen LogP contribution < -0.4 is 16.7 Å². The molecule has 1 fully saturated rings. The predicted molar refractivity (Wildman–Crippen MR) is 81.1 cm³/mol. The third-order valence-electron chi connectivity index (χ3n) is 4.16. The summed E-state index contributed by atoms with van der Waals surface area (Å²) in [6.07, 6.45) is 4.05. The summed E-state index contributed by atoms with van der Waals surface area (Å²) in [5.41, 5.74) is 3.34. The topological polar surface area (TPSA) is 107 Å². The number of aromatic amines is 2. The van der Waals surface area contributed by atoms with Gasteiger partial charge in [-0.1, -0.05) is 13.8 Å². The first-order chi connectivity index (χ1) is 10.5. The zero-order valence-corrected chi connectivity index (χ0v) is 12.3. The Bertz CT molecular complexity index is 837. The van der Waals surface area contributed by atoms with Gasteiger partial charge in [-0.05, 0) is 35.8 Å². The summed E-state index contributed by atoms with van der Waals surface area (Å²) in [7, 11) is 0. The molecule has 2 atom stereocenters. The molecule has 0 bridgehead atoms. The standard InChI is InChI=1S/C15H16N4O3/c1-7(2)8-3-9(8)10-4-12(18-19-13(10)6-20)11-5-16-15(22)17-14(11)21/h4-5,7-9,19H,3H2,1-2H3,(H2,16,17,21,22)/t8-,9+/m1/s1. The number of hydrazone groups is 1. The van der Waals surface area contributed by atoms with Crippen molar-refractivity contribution in [1.29, 1.82) is 0 Å². The minimum absolute atomic E-state index is 0.247. The monoisotopic (exact) mass is 300 g/mol. The highest BCUT2D eigenvalue weighted by atomic mass is 16.2. The molecule has 7 nitrogen and oxygen atoms in total. The van der Waals surface area contributed by atoms with E-state index in [-0.39, 0.29) is 11.5 Å². The van der Waals surface area contributed by atoms with E-state index in [1.807, 2.05) is 5.94 Å². The molecule has 2 aliphatic rings. The van der Waals surface area contributed by atoms with Crippen LogP contribution in [0.15, 0.2) is 38.2 Å². The van der Waals surface area contributed by atoms with Crippen molar-refractivity contribution in [3.05, 3.63) is 49.9 Å². The summed E-state index contributed by atoms with van der Waals surface area (Å²) in [5, 5.41) is 4.02. The van der Waals surface area contributed by atoms with E-state index in [1.165, 1.54) is 6.20 Å². The van der Waals surface area contributed by atoms with Crippen LogP contribution in [0.2, 0.25) is 0 Å². The van der Waals surface area contributed by atoms with Gasteiger partial charge in [0.1, 0.15) is 5.70 Å². The predicted octanol–water partition coefficient (Wildman–Crippen LogP) is 0.304. The lowest BCUT2D eigenvalue weighted by Crippen LogP contribution is -2.29. The van der Waals surface area contributed by atoms with Gasteiger partial charge >= 0.3 is 5.69 Å². The second-order valence-corrected chi connectivity index (χ2v) is 5.92. The molecule has 0 unspecified atom stereocenters. The van der Waals surface area contributed by atoms with Crippen molar-refractivity contribution in [3.63, 3.8) is 0 Å². The zero-order chi connectivity index (χ0) is 15.9. The molecule has 0 aromatic carbocycles. The van der Waals surface area contributed by atoms with E-state index in [4.69, 9.17) is 0 Å². The van der Waals surface area contributed by atoms with Gasteiger partial charge in [0, 0.05) is 6.20 Å². The Morgan fingerprint density at radius 2 is 2.14 bits per heavy atom. The molecule has 3 N–H and O–H groups in total. The maximum absolute atomic E-state index is 11.9. The van der Waals surface area contributed by atoms with Gasteiger partial charge in [0.15, 0.2) is 5.94 Å². The molecular formula is C15H16N4O3. The minimum atomic E-state index is -0.571. The van der Waals surface area contributed by atoms with Crippen LogP contribution in [-0.4, -0.2) is 21.6 Å². The van der Waals surface area contributed by atoms with Gasteiger partial charge in [0.2, 0.25) is 0 Å². The van der Waals surface area contributed by atoms with Gasteiger partial charge in [-0.2, -0.15) is 5.10 Å². The maximum atomic E-state index is 11.9. The third kappa shape index (κ3) is 2.46. The Hall–Kier alpha value is -2.66. The zero-order valence-electron chi connectivity index (χ0n) is 12.3. The molecule has 0 saturated heterocycles. The number of hydrogen-bond donors (Lipinski definition) is 3. The number of allylic oxidation sites excluding steroid dienone is 2. The van der Waals surface area contributed by atoms with Crippen LogP contribution in [0.4, 0.5) is 0 Å². The highest BCUT2D eigenvalue weighted by molar-refractivity contribution is 6.09. The third-order valence-corrected chi connectivity index (χ3v) is 4.16. The van der Waals surface area contributed by atoms with Gasteiger partial charge in [-0.25, -0.2) is 9.59 Å². The van der Waals surface area contributed by atoms with Crippen molar-refractivity contribution in [2.24, 2.45) is 22.9 Å². The molecule has 1 aliphatic carbocycles. The lowest BCUT2D eigenvalue weighted by atomic mass is 9.98. The van der Waals surface area contributed by atoms with Gasteiger partial charge in [-0.3, -0.25) is 15.2 Å². The first kappa shape index (κ1) is 14.3. The Morgan fingerprint density at radius 3 is 2.73 bits per heavy atom. The molecule has 1 aromatic rings. The molecule has 7 heteroatoms. The van der Waals surface area contributed by atoms with Crippen molar-refractivity contribution < 1.29 is 4.79 Å². The smallest absolute Gasteiger partial charge is 0.313 e. The number of nitrogens with one attached hydrogen (secondary N) is 3. The van der Waals surface area contributed by atoms with E-state index in [0.29, 0.717) is 23.2 Å². The van der Waals surface area contributed by atoms with Gasteiger partial charge < -0.3 is 4.98 Å². The summed E-state index contributed by atoms with van der Waals surface area (Å²) >= 11 is 0. The average Bonchev–Trinajstić information content (AvgIpc) is 3.27.